The molecule has 0 aromatic rings. The van der Waals surface area contributed by atoms with E-state index < -0.39 is 0 Å². The van der Waals surface area contributed by atoms with Gasteiger partial charge in [-0.1, -0.05) is 18.5 Å². The van der Waals surface area contributed by atoms with Crippen molar-refractivity contribution in [2.24, 2.45) is 0 Å². The fourth-order valence-electron chi connectivity index (χ4n) is 0.452. The highest BCUT2D eigenvalue weighted by molar-refractivity contribution is 7.98. The Labute approximate surface area is 58.6 Å². The van der Waals surface area contributed by atoms with Gasteiger partial charge in [-0.25, -0.2) is 0 Å². The van der Waals surface area contributed by atoms with Crippen molar-refractivity contribution in [2.45, 2.75) is 11.8 Å². The molecule has 8 heavy (non-hydrogen) atoms. The Hall–Kier alpha value is 0.180. The average molecular weight is 150 g/mol. The van der Waals surface area contributed by atoms with E-state index >= 15 is 0 Å². The van der Waals surface area contributed by atoms with Crippen molar-refractivity contribution in [3.63, 3.8) is 0 Å². The monoisotopic (exact) mass is 149 g/mol. The van der Waals surface area contributed by atoms with Gasteiger partial charge in [-0.2, -0.15) is 0 Å². The summed E-state index contributed by atoms with van der Waals surface area (Å²) in [6.45, 7) is 5.71. The van der Waals surface area contributed by atoms with Crippen LogP contribution in [0.5, 0.6) is 0 Å². The van der Waals surface area contributed by atoms with E-state index in [4.69, 9.17) is 11.6 Å². The van der Waals surface area contributed by atoms with Crippen LogP contribution in [0.3, 0.4) is 0 Å². The maximum absolute atomic E-state index is 5.94. The Balaban J connectivity index is 2.68. The van der Waals surface area contributed by atoms with Gasteiger partial charge in [0, 0.05) is 11.4 Å². The van der Waals surface area contributed by atoms with Crippen LogP contribution in [0.25, 0.3) is 0 Å². The molecule has 1 nitrogen and oxygen atoms in total. The molecule has 1 aliphatic rings. The summed E-state index contributed by atoms with van der Waals surface area (Å²) in [5, 5.41) is 0. The Morgan fingerprint density at radius 1 is 2.00 bits per heavy atom. The average Bonchev–Trinajstić information content (AvgIpc) is 1.86. The van der Waals surface area contributed by atoms with Crippen molar-refractivity contribution in [3.8, 4) is 0 Å². The quantitative estimate of drug-likeness (QED) is 0.416. The lowest BCUT2D eigenvalue weighted by atomic mass is 10.1. The predicted octanol–water partition coefficient (Wildman–Crippen LogP) is 1.75. The van der Waals surface area contributed by atoms with Crippen LogP contribution in [0.4, 0.5) is 0 Å². The van der Waals surface area contributed by atoms with Crippen LogP contribution in [0.1, 0.15) is 6.92 Å². The molecular weight excluding hydrogens is 142 g/mol. The minimum Gasteiger partial charge on any atom is -0.332 e. The molecule has 0 aliphatic carbocycles. The van der Waals surface area contributed by atoms with Gasteiger partial charge in [0.05, 0.1) is 4.87 Å². The Bertz CT molecular complexity index is 122. The van der Waals surface area contributed by atoms with E-state index in [1.807, 2.05) is 6.92 Å². The highest BCUT2D eigenvalue weighted by Gasteiger charge is 2.30. The standard InChI is InChI=1S/C5H8ClNS/c1-4-5(2,6)3-8-7-4/h7H,1,3H2,2H3. The lowest BCUT2D eigenvalue weighted by Crippen LogP contribution is -2.18. The van der Waals surface area contributed by atoms with Crippen molar-refractivity contribution >= 4 is 23.5 Å². The molecule has 46 valence electrons. The molecule has 1 rings (SSSR count). The van der Waals surface area contributed by atoms with Crippen molar-refractivity contribution in [3.05, 3.63) is 12.3 Å². The molecule has 1 fully saturated rings. The topological polar surface area (TPSA) is 12.0 Å². The largest absolute Gasteiger partial charge is 0.332 e. The summed E-state index contributed by atoms with van der Waals surface area (Å²) >= 11 is 7.54. The van der Waals surface area contributed by atoms with E-state index in [2.05, 4.69) is 11.3 Å². The molecule has 1 N–H and O–H groups in total. The van der Waals surface area contributed by atoms with E-state index in [1.54, 1.807) is 11.9 Å². The SMILES string of the molecule is C=C1NSCC1(C)Cl. The zero-order chi connectivity index (χ0) is 6.20. The third kappa shape index (κ3) is 0.955. The lowest BCUT2D eigenvalue weighted by molar-refractivity contribution is 0.836. The third-order valence-corrected chi connectivity index (χ3v) is 2.80. The maximum atomic E-state index is 5.94. The van der Waals surface area contributed by atoms with Gasteiger partial charge in [-0.15, -0.1) is 11.6 Å². The van der Waals surface area contributed by atoms with Gasteiger partial charge in [-0.3, -0.25) is 0 Å². The fraction of sp³-hybridized carbons (Fsp3) is 0.600. The van der Waals surface area contributed by atoms with Crippen molar-refractivity contribution < 1.29 is 0 Å². The van der Waals surface area contributed by atoms with Gasteiger partial charge in [0.1, 0.15) is 0 Å². The summed E-state index contributed by atoms with van der Waals surface area (Å²) in [7, 11) is 0. The van der Waals surface area contributed by atoms with Crippen molar-refractivity contribution in [1.82, 2.24) is 4.72 Å². The molecule has 1 atom stereocenters. The number of alkyl halides is 1. The molecule has 0 radical (unpaired) electrons. The first-order chi connectivity index (χ1) is 3.63. The Kier molecular flexibility index (Phi) is 1.46. The van der Waals surface area contributed by atoms with Gasteiger partial charge in [-0.05, 0) is 6.92 Å². The number of hydrogen-bond acceptors (Lipinski definition) is 2. The second-order valence-electron chi connectivity index (χ2n) is 2.07. The molecule has 0 aromatic heterocycles. The van der Waals surface area contributed by atoms with Crippen LogP contribution >= 0.6 is 23.5 Å². The minimum atomic E-state index is -0.218. The molecule has 0 saturated carbocycles. The van der Waals surface area contributed by atoms with Crippen LogP contribution in [0.15, 0.2) is 12.3 Å². The predicted molar refractivity (Wildman–Crippen MR) is 39.0 cm³/mol. The Morgan fingerprint density at radius 2 is 2.62 bits per heavy atom. The summed E-state index contributed by atoms with van der Waals surface area (Å²) in [4.78, 5) is -0.218. The van der Waals surface area contributed by atoms with Crippen LogP contribution in [0.2, 0.25) is 0 Å². The van der Waals surface area contributed by atoms with Crippen LogP contribution in [-0.2, 0) is 0 Å². The van der Waals surface area contributed by atoms with E-state index in [9.17, 15) is 0 Å². The maximum Gasteiger partial charge on any atom is 0.0921 e. The van der Waals surface area contributed by atoms with Gasteiger partial charge in [0.15, 0.2) is 0 Å². The first-order valence-electron chi connectivity index (χ1n) is 2.39. The summed E-state index contributed by atoms with van der Waals surface area (Å²) < 4.78 is 3.00. The zero-order valence-electron chi connectivity index (χ0n) is 4.70. The molecule has 0 spiro atoms. The fourth-order valence-corrected chi connectivity index (χ4v) is 1.64. The van der Waals surface area contributed by atoms with E-state index in [-0.39, 0.29) is 4.87 Å². The minimum absolute atomic E-state index is 0.218. The zero-order valence-corrected chi connectivity index (χ0v) is 6.27. The summed E-state index contributed by atoms with van der Waals surface area (Å²) in [5.41, 5.74) is 0.921. The Morgan fingerprint density at radius 3 is 2.75 bits per heavy atom. The molecule has 0 bridgehead atoms. The van der Waals surface area contributed by atoms with Crippen molar-refractivity contribution in [2.75, 3.05) is 5.75 Å². The molecule has 0 amide bonds. The molecule has 3 heteroatoms. The number of allylic oxidation sites excluding steroid dienone is 1. The van der Waals surface area contributed by atoms with Crippen LogP contribution < -0.4 is 4.72 Å². The molecule has 1 heterocycles. The normalized spacial score (nSPS) is 37.5. The highest BCUT2D eigenvalue weighted by atomic mass is 35.5. The molecule has 1 aliphatic heterocycles. The highest BCUT2D eigenvalue weighted by Crippen LogP contribution is 2.32. The molecule has 0 aromatic carbocycles. The third-order valence-electron chi connectivity index (χ3n) is 1.17. The second-order valence-corrected chi connectivity index (χ2v) is 3.68. The first kappa shape index (κ1) is 6.30. The molecule has 1 saturated heterocycles. The number of nitrogens with one attached hydrogen (secondary N) is 1. The van der Waals surface area contributed by atoms with Crippen LogP contribution in [-0.4, -0.2) is 10.6 Å². The molecule has 1 unspecified atom stereocenters. The summed E-state index contributed by atoms with van der Waals surface area (Å²) in [5.74, 6) is 0.910. The first-order valence-corrected chi connectivity index (χ1v) is 3.75. The van der Waals surface area contributed by atoms with E-state index in [0.29, 0.717) is 0 Å². The second kappa shape index (κ2) is 1.85. The van der Waals surface area contributed by atoms with E-state index in [0.717, 1.165) is 11.4 Å². The summed E-state index contributed by atoms with van der Waals surface area (Å²) in [6.07, 6.45) is 0. The van der Waals surface area contributed by atoms with Gasteiger partial charge in [0.2, 0.25) is 0 Å². The number of rotatable bonds is 0. The van der Waals surface area contributed by atoms with Crippen molar-refractivity contribution in [1.29, 1.82) is 0 Å². The molecular formula is C5H8ClNS. The van der Waals surface area contributed by atoms with Crippen LogP contribution in [0, 0.1) is 0 Å². The summed E-state index contributed by atoms with van der Waals surface area (Å²) in [6, 6.07) is 0. The van der Waals surface area contributed by atoms with Gasteiger partial charge in [0.25, 0.3) is 0 Å². The smallest absolute Gasteiger partial charge is 0.0921 e. The van der Waals surface area contributed by atoms with E-state index in [1.165, 1.54) is 0 Å². The van der Waals surface area contributed by atoms with Gasteiger partial charge < -0.3 is 4.72 Å². The van der Waals surface area contributed by atoms with Gasteiger partial charge >= 0.3 is 0 Å². The number of halogens is 1. The number of hydrogen-bond donors (Lipinski definition) is 1. The lowest BCUT2D eigenvalue weighted by Gasteiger charge is -2.11.